The molecular formula is C17H22N2O2. The molecule has 2 aromatic rings. The van der Waals surface area contributed by atoms with E-state index in [9.17, 15) is 0 Å². The van der Waals surface area contributed by atoms with E-state index in [0.717, 1.165) is 22.7 Å². The van der Waals surface area contributed by atoms with Gasteiger partial charge in [-0.25, -0.2) is 0 Å². The normalized spacial score (nSPS) is 10.1. The van der Waals surface area contributed by atoms with Gasteiger partial charge in [0, 0.05) is 37.6 Å². The van der Waals surface area contributed by atoms with Crippen molar-refractivity contribution in [2.75, 3.05) is 38.5 Å². The number of methoxy groups -OCH3 is 2. The number of anilines is 2. The van der Waals surface area contributed by atoms with Crippen LogP contribution in [0, 0.1) is 0 Å². The fraction of sp³-hybridized carbons (Fsp3) is 0.294. The summed E-state index contributed by atoms with van der Waals surface area (Å²) >= 11 is 0. The molecule has 1 N–H and O–H groups in total. The zero-order chi connectivity index (χ0) is 15.2. The van der Waals surface area contributed by atoms with Crippen molar-refractivity contribution in [3.05, 3.63) is 48.0 Å². The molecule has 0 unspecified atom stereocenters. The first-order valence-corrected chi connectivity index (χ1v) is 6.87. The lowest BCUT2D eigenvalue weighted by atomic mass is 10.1. The fourth-order valence-corrected chi connectivity index (χ4v) is 2.17. The molecule has 4 nitrogen and oxygen atoms in total. The van der Waals surface area contributed by atoms with Crippen LogP contribution < -0.4 is 19.7 Å². The third-order valence-electron chi connectivity index (χ3n) is 3.35. The smallest absolute Gasteiger partial charge is 0.165 e. The Balaban J connectivity index is 2.09. The number of hydrogen-bond acceptors (Lipinski definition) is 4. The van der Waals surface area contributed by atoms with Crippen molar-refractivity contribution >= 4 is 11.4 Å². The minimum atomic E-state index is 0.682. The Morgan fingerprint density at radius 2 is 1.67 bits per heavy atom. The maximum atomic E-state index is 5.43. The van der Waals surface area contributed by atoms with E-state index in [1.54, 1.807) is 14.2 Å². The second-order valence-electron chi connectivity index (χ2n) is 4.95. The molecule has 0 heterocycles. The Hall–Kier alpha value is -2.36. The van der Waals surface area contributed by atoms with Crippen molar-refractivity contribution in [3.8, 4) is 11.5 Å². The van der Waals surface area contributed by atoms with Crippen molar-refractivity contribution in [1.82, 2.24) is 0 Å². The Labute approximate surface area is 126 Å². The summed E-state index contributed by atoms with van der Waals surface area (Å²) in [6, 6.07) is 14.2. The van der Waals surface area contributed by atoms with Gasteiger partial charge in [-0.15, -0.1) is 0 Å². The van der Waals surface area contributed by atoms with Gasteiger partial charge in [0.05, 0.1) is 14.2 Å². The van der Waals surface area contributed by atoms with Gasteiger partial charge in [-0.1, -0.05) is 12.1 Å². The van der Waals surface area contributed by atoms with Crippen LogP contribution in [0.15, 0.2) is 42.5 Å². The van der Waals surface area contributed by atoms with Crippen LogP contribution in [-0.2, 0) is 6.54 Å². The maximum Gasteiger partial charge on any atom is 0.165 e. The number of nitrogens with zero attached hydrogens (tertiary/aromatic N) is 1. The van der Waals surface area contributed by atoms with Crippen LogP contribution >= 0.6 is 0 Å². The van der Waals surface area contributed by atoms with Crippen molar-refractivity contribution in [1.29, 1.82) is 0 Å². The molecule has 0 spiro atoms. The molecule has 0 bridgehead atoms. The van der Waals surface area contributed by atoms with Gasteiger partial charge >= 0.3 is 0 Å². The summed E-state index contributed by atoms with van der Waals surface area (Å²) in [4.78, 5) is 2.08. The molecule has 21 heavy (non-hydrogen) atoms. The van der Waals surface area contributed by atoms with Crippen LogP contribution in [0.5, 0.6) is 11.5 Å². The van der Waals surface area contributed by atoms with E-state index in [4.69, 9.17) is 9.47 Å². The highest BCUT2D eigenvalue weighted by molar-refractivity contribution is 5.55. The fourth-order valence-electron chi connectivity index (χ4n) is 2.17. The van der Waals surface area contributed by atoms with E-state index in [1.165, 1.54) is 5.69 Å². The van der Waals surface area contributed by atoms with Gasteiger partial charge in [0.15, 0.2) is 11.5 Å². The number of rotatable bonds is 6. The van der Waals surface area contributed by atoms with Crippen LogP contribution in [-0.4, -0.2) is 28.3 Å². The van der Waals surface area contributed by atoms with E-state index >= 15 is 0 Å². The minimum absolute atomic E-state index is 0.682. The lowest BCUT2D eigenvalue weighted by molar-refractivity contribution is 0.352. The minimum Gasteiger partial charge on any atom is -0.493 e. The molecule has 4 heteroatoms. The lowest BCUT2D eigenvalue weighted by Gasteiger charge is -2.15. The topological polar surface area (TPSA) is 33.7 Å². The molecular weight excluding hydrogens is 264 g/mol. The summed E-state index contributed by atoms with van der Waals surface area (Å²) in [7, 11) is 7.37. The van der Waals surface area contributed by atoms with Crippen LogP contribution in [0.4, 0.5) is 11.4 Å². The Morgan fingerprint density at radius 3 is 2.24 bits per heavy atom. The number of para-hydroxylation sites is 1. The molecule has 0 amide bonds. The van der Waals surface area contributed by atoms with E-state index in [1.807, 2.05) is 32.3 Å². The Bertz CT molecular complexity index is 580. The summed E-state index contributed by atoms with van der Waals surface area (Å²) in [5.74, 6) is 1.53. The Morgan fingerprint density at radius 1 is 0.952 bits per heavy atom. The number of hydrogen-bond donors (Lipinski definition) is 1. The van der Waals surface area contributed by atoms with E-state index in [0.29, 0.717) is 6.54 Å². The summed E-state index contributed by atoms with van der Waals surface area (Å²) in [6.07, 6.45) is 0. The monoisotopic (exact) mass is 286 g/mol. The molecule has 0 saturated heterocycles. The second kappa shape index (κ2) is 6.88. The Kier molecular flexibility index (Phi) is 4.93. The molecule has 0 aliphatic carbocycles. The molecule has 0 aliphatic heterocycles. The molecule has 2 rings (SSSR count). The predicted octanol–water partition coefficient (Wildman–Crippen LogP) is 3.38. The molecule has 0 atom stereocenters. The maximum absolute atomic E-state index is 5.43. The van der Waals surface area contributed by atoms with Crippen LogP contribution in [0.25, 0.3) is 0 Å². The van der Waals surface area contributed by atoms with Crippen LogP contribution in [0.3, 0.4) is 0 Å². The average Bonchev–Trinajstić information content (AvgIpc) is 2.52. The highest BCUT2D eigenvalue weighted by atomic mass is 16.5. The molecule has 0 saturated carbocycles. The van der Waals surface area contributed by atoms with Gasteiger partial charge in [0.2, 0.25) is 0 Å². The quantitative estimate of drug-likeness (QED) is 0.882. The summed E-state index contributed by atoms with van der Waals surface area (Å²) in [6.45, 7) is 0.682. The first-order valence-electron chi connectivity index (χ1n) is 6.87. The summed E-state index contributed by atoms with van der Waals surface area (Å²) < 4.78 is 10.7. The highest BCUT2D eigenvalue weighted by Crippen LogP contribution is 2.31. The van der Waals surface area contributed by atoms with Gasteiger partial charge in [-0.05, 0) is 30.3 Å². The first-order chi connectivity index (χ1) is 10.2. The number of ether oxygens (including phenoxy) is 2. The van der Waals surface area contributed by atoms with Gasteiger partial charge in [0.25, 0.3) is 0 Å². The van der Waals surface area contributed by atoms with E-state index < -0.39 is 0 Å². The molecule has 0 aromatic heterocycles. The van der Waals surface area contributed by atoms with Crippen molar-refractivity contribution in [2.24, 2.45) is 0 Å². The molecule has 0 fully saturated rings. The zero-order valence-corrected chi connectivity index (χ0v) is 13.0. The molecule has 112 valence electrons. The molecule has 0 aliphatic rings. The standard InChI is InChI=1S/C17H22N2O2/c1-19(2)15-10-8-14(9-11-15)18-12-13-6-5-7-16(20-3)17(13)21-4/h5-11,18H,12H2,1-4H3. The van der Waals surface area contributed by atoms with Crippen LogP contribution in [0.2, 0.25) is 0 Å². The third kappa shape index (κ3) is 3.60. The summed E-state index contributed by atoms with van der Waals surface area (Å²) in [5, 5.41) is 3.40. The largest absolute Gasteiger partial charge is 0.493 e. The lowest BCUT2D eigenvalue weighted by Crippen LogP contribution is -2.08. The molecule has 0 radical (unpaired) electrons. The van der Waals surface area contributed by atoms with Gasteiger partial charge < -0.3 is 19.7 Å². The van der Waals surface area contributed by atoms with Gasteiger partial charge in [-0.3, -0.25) is 0 Å². The van der Waals surface area contributed by atoms with Crippen molar-refractivity contribution in [3.63, 3.8) is 0 Å². The van der Waals surface area contributed by atoms with Gasteiger partial charge in [0.1, 0.15) is 0 Å². The zero-order valence-electron chi connectivity index (χ0n) is 13.0. The van der Waals surface area contributed by atoms with E-state index in [2.05, 4.69) is 34.5 Å². The second-order valence-corrected chi connectivity index (χ2v) is 4.95. The van der Waals surface area contributed by atoms with Gasteiger partial charge in [-0.2, -0.15) is 0 Å². The third-order valence-corrected chi connectivity index (χ3v) is 3.35. The highest BCUT2D eigenvalue weighted by Gasteiger charge is 2.08. The van der Waals surface area contributed by atoms with E-state index in [-0.39, 0.29) is 0 Å². The van der Waals surface area contributed by atoms with Crippen LogP contribution in [0.1, 0.15) is 5.56 Å². The summed E-state index contributed by atoms with van der Waals surface area (Å²) in [5.41, 5.74) is 3.32. The van der Waals surface area contributed by atoms with Crippen molar-refractivity contribution < 1.29 is 9.47 Å². The average molecular weight is 286 g/mol. The van der Waals surface area contributed by atoms with Crippen molar-refractivity contribution in [2.45, 2.75) is 6.54 Å². The number of nitrogens with one attached hydrogen (secondary N) is 1. The number of benzene rings is 2. The molecule has 2 aromatic carbocycles. The predicted molar refractivity (Wildman–Crippen MR) is 87.6 cm³/mol. The SMILES string of the molecule is COc1cccc(CNc2ccc(N(C)C)cc2)c1OC. The first kappa shape index (κ1) is 15.0.